The molecule has 5 nitrogen and oxygen atoms in total. The normalized spacial score (nSPS) is 21.4. The standard InChI is InChI=1S/C16H20N4O/c1-3-14(21-12-1)13-19-9-4-16(5-10-19)6-11-20(16)15-17-7-2-8-18-15/h1-3,7-8,12H,4-6,9-11,13H2. The van der Waals surface area contributed by atoms with Gasteiger partial charge in [-0.15, -0.1) is 0 Å². The molecule has 2 aliphatic heterocycles. The van der Waals surface area contributed by atoms with Crippen molar-refractivity contribution >= 4 is 5.95 Å². The molecule has 2 aromatic heterocycles. The first-order chi connectivity index (χ1) is 10.4. The number of rotatable bonds is 3. The highest BCUT2D eigenvalue weighted by Gasteiger charge is 2.47. The van der Waals surface area contributed by atoms with Gasteiger partial charge in [-0.3, -0.25) is 4.90 Å². The number of furan rings is 1. The van der Waals surface area contributed by atoms with Crippen molar-refractivity contribution < 1.29 is 4.42 Å². The zero-order valence-corrected chi connectivity index (χ0v) is 12.1. The second kappa shape index (κ2) is 5.15. The van der Waals surface area contributed by atoms with Gasteiger partial charge in [0.15, 0.2) is 0 Å². The monoisotopic (exact) mass is 284 g/mol. The summed E-state index contributed by atoms with van der Waals surface area (Å²) in [4.78, 5) is 13.7. The third-order valence-electron chi connectivity index (χ3n) is 4.91. The molecule has 1 spiro atoms. The van der Waals surface area contributed by atoms with Crippen molar-refractivity contribution in [3.63, 3.8) is 0 Å². The van der Waals surface area contributed by atoms with Gasteiger partial charge in [0.2, 0.25) is 5.95 Å². The molecule has 0 unspecified atom stereocenters. The fourth-order valence-electron chi connectivity index (χ4n) is 3.55. The van der Waals surface area contributed by atoms with E-state index in [2.05, 4.69) is 25.8 Å². The number of likely N-dealkylation sites (tertiary alicyclic amines) is 1. The van der Waals surface area contributed by atoms with E-state index in [1.807, 2.05) is 24.5 Å². The highest BCUT2D eigenvalue weighted by atomic mass is 16.3. The Morgan fingerprint density at radius 1 is 1.05 bits per heavy atom. The van der Waals surface area contributed by atoms with Crippen molar-refractivity contribution in [1.82, 2.24) is 14.9 Å². The number of nitrogens with zero attached hydrogens (tertiary/aromatic N) is 4. The summed E-state index contributed by atoms with van der Waals surface area (Å²) < 4.78 is 5.45. The zero-order valence-electron chi connectivity index (χ0n) is 12.1. The molecule has 0 bridgehead atoms. The van der Waals surface area contributed by atoms with E-state index >= 15 is 0 Å². The lowest BCUT2D eigenvalue weighted by Crippen LogP contribution is -2.64. The summed E-state index contributed by atoms with van der Waals surface area (Å²) in [5, 5.41) is 0. The molecule has 0 aliphatic carbocycles. The number of hydrogen-bond donors (Lipinski definition) is 0. The van der Waals surface area contributed by atoms with Crippen LogP contribution < -0.4 is 4.90 Å². The van der Waals surface area contributed by atoms with Crippen LogP contribution in [0.5, 0.6) is 0 Å². The molecule has 4 rings (SSSR count). The van der Waals surface area contributed by atoms with Crippen LogP contribution in [-0.2, 0) is 6.54 Å². The molecule has 5 heteroatoms. The van der Waals surface area contributed by atoms with Crippen molar-refractivity contribution in [3.8, 4) is 0 Å². The number of aromatic nitrogens is 2. The molecule has 0 amide bonds. The largest absolute Gasteiger partial charge is 0.468 e. The summed E-state index contributed by atoms with van der Waals surface area (Å²) in [6, 6.07) is 5.89. The van der Waals surface area contributed by atoms with Crippen LogP contribution in [0.15, 0.2) is 41.3 Å². The molecule has 110 valence electrons. The minimum absolute atomic E-state index is 0.293. The molecular formula is C16H20N4O. The van der Waals surface area contributed by atoms with Crippen molar-refractivity contribution in [2.45, 2.75) is 31.3 Å². The summed E-state index contributed by atoms with van der Waals surface area (Å²) in [6.45, 7) is 4.24. The number of piperidine rings is 1. The van der Waals surface area contributed by atoms with E-state index in [1.54, 1.807) is 6.26 Å². The fraction of sp³-hybridized carbons (Fsp3) is 0.500. The third-order valence-corrected chi connectivity index (χ3v) is 4.91. The van der Waals surface area contributed by atoms with Gasteiger partial charge in [-0.25, -0.2) is 9.97 Å². The van der Waals surface area contributed by atoms with Gasteiger partial charge in [-0.1, -0.05) is 0 Å². The van der Waals surface area contributed by atoms with Gasteiger partial charge in [0.05, 0.1) is 12.8 Å². The van der Waals surface area contributed by atoms with Crippen LogP contribution in [-0.4, -0.2) is 40.0 Å². The Morgan fingerprint density at radius 2 is 1.81 bits per heavy atom. The Labute approximate surface area is 124 Å². The van der Waals surface area contributed by atoms with Gasteiger partial charge in [-0.2, -0.15) is 0 Å². The molecule has 2 aromatic rings. The lowest BCUT2D eigenvalue weighted by molar-refractivity contribution is 0.105. The lowest BCUT2D eigenvalue weighted by atomic mass is 9.76. The van der Waals surface area contributed by atoms with Crippen LogP contribution >= 0.6 is 0 Å². The van der Waals surface area contributed by atoms with Gasteiger partial charge in [0.25, 0.3) is 0 Å². The zero-order chi connectivity index (χ0) is 14.1. The summed E-state index contributed by atoms with van der Waals surface area (Å²) in [5.74, 6) is 1.95. The van der Waals surface area contributed by atoms with Crippen LogP contribution in [0.3, 0.4) is 0 Å². The summed E-state index contributed by atoms with van der Waals surface area (Å²) in [5.41, 5.74) is 0.293. The van der Waals surface area contributed by atoms with E-state index in [0.717, 1.165) is 37.9 Å². The summed E-state index contributed by atoms with van der Waals surface area (Å²) in [6.07, 6.45) is 9.06. The Morgan fingerprint density at radius 3 is 2.43 bits per heavy atom. The molecule has 2 saturated heterocycles. The first kappa shape index (κ1) is 12.8. The minimum Gasteiger partial charge on any atom is -0.468 e. The molecule has 0 saturated carbocycles. The van der Waals surface area contributed by atoms with Gasteiger partial charge in [0.1, 0.15) is 5.76 Å². The smallest absolute Gasteiger partial charge is 0.225 e. The van der Waals surface area contributed by atoms with E-state index < -0.39 is 0 Å². The predicted molar refractivity (Wildman–Crippen MR) is 79.9 cm³/mol. The van der Waals surface area contributed by atoms with Gasteiger partial charge >= 0.3 is 0 Å². The molecule has 0 atom stereocenters. The SMILES string of the molecule is c1cnc(N2CCC23CCN(Cc2ccco2)CC3)nc1. The summed E-state index contributed by atoms with van der Waals surface area (Å²) >= 11 is 0. The number of hydrogen-bond acceptors (Lipinski definition) is 5. The molecular weight excluding hydrogens is 264 g/mol. The molecule has 4 heterocycles. The topological polar surface area (TPSA) is 45.4 Å². The highest BCUT2D eigenvalue weighted by molar-refractivity contribution is 5.40. The minimum atomic E-state index is 0.293. The van der Waals surface area contributed by atoms with Gasteiger partial charge in [-0.05, 0) is 37.5 Å². The lowest BCUT2D eigenvalue weighted by Gasteiger charge is -2.56. The molecule has 0 radical (unpaired) electrons. The van der Waals surface area contributed by atoms with Crippen LogP contribution in [0.2, 0.25) is 0 Å². The maximum atomic E-state index is 5.45. The van der Waals surface area contributed by atoms with Gasteiger partial charge < -0.3 is 9.32 Å². The quantitative estimate of drug-likeness (QED) is 0.865. The highest BCUT2D eigenvalue weighted by Crippen LogP contribution is 2.41. The van der Waals surface area contributed by atoms with Gasteiger partial charge in [0, 0.05) is 37.6 Å². The van der Waals surface area contributed by atoms with Crippen molar-refractivity contribution in [3.05, 3.63) is 42.6 Å². The van der Waals surface area contributed by atoms with Crippen molar-refractivity contribution in [2.75, 3.05) is 24.5 Å². The maximum Gasteiger partial charge on any atom is 0.225 e. The Bertz CT molecular complexity index is 576. The Kier molecular flexibility index (Phi) is 3.15. The number of anilines is 1. The van der Waals surface area contributed by atoms with E-state index in [-0.39, 0.29) is 0 Å². The van der Waals surface area contributed by atoms with Crippen molar-refractivity contribution in [2.24, 2.45) is 0 Å². The average molecular weight is 284 g/mol. The van der Waals surface area contributed by atoms with Crippen LogP contribution in [0.1, 0.15) is 25.0 Å². The molecule has 2 aliphatic rings. The molecule has 0 N–H and O–H groups in total. The van der Waals surface area contributed by atoms with Crippen LogP contribution in [0.25, 0.3) is 0 Å². The molecule has 21 heavy (non-hydrogen) atoms. The third kappa shape index (κ3) is 2.31. The second-order valence-corrected chi connectivity index (χ2v) is 6.03. The van der Waals surface area contributed by atoms with Crippen molar-refractivity contribution in [1.29, 1.82) is 0 Å². The first-order valence-corrected chi connectivity index (χ1v) is 7.65. The predicted octanol–water partition coefficient (Wildman–Crippen LogP) is 2.31. The second-order valence-electron chi connectivity index (χ2n) is 6.03. The van der Waals surface area contributed by atoms with Crippen LogP contribution in [0.4, 0.5) is 5.95 Å². The van der Waals surface area contributed by atoms with E-state index in [0.29, 0.717) is 5.54 Å². The molecule has 0 aromatic carbocycles. The molecule has 2 fully saturated rings. The average Bonchev–Trinajstić information content (AvgIpc) is 3.01. The van der Waals surface area contributed by atoms with E-state index in [1.165, 1.54) is 19.3 Å². The Balaban J connectivity index is 1.40. The van der Waals surface area contributed by atoms with E-state index in [9.17, 15) is 0 Å². The maximum absolute atomic E-state index is 5.45. The first-order valence-electron chi connectivity index (χ1n) is 7.65. The summed E-state index contributed by atoms with van der Waals surface area (Å²) in [7, 11) is 0. The Hall–Kier alpha value is -1.88. The van der Waals surface area contributed by atoms with Crippen LogP contribution in [0, 0.1) is 0 Å². The fourth-order valence-corrected chi connectivity index (χ4v) is 3.55. The van der Waals surface area contributed by atoms with E-state index in [4.69, 9.17) is 4.42 Å².